The van der Waals surface area contributed by atoms with Gasteiger partial charge in [0.05, 0.1) is 11.6 Å². The summed E-state index contributed by atoms with van der Waals surface area (Å²) < 4.78 is 18.3. The number of ether oxygens (including phenoxy) is 1. The van der Waals surface area contributed by atoms with Crippen molar-refractivity contribution in [3.8, 4) is 0 Å². The molecule has 2 amide bonds. The number of carbonyl (C=O) groups excluding carboxylic acids is 3. The monoisotopic (exact) mass is 358 g/mol. The maximum absolute atomic E-state index is 13.6. The number of carbonyl (C=O) groups is 3. The lowest BCUT2D eigenvalue weighted by molar-refractivity contribution is -0.137. The first-order valence-electron chi connectivity index (χ1n) is 7.17. The van der Waals surface area contributed by atoms with Gasteiger partial charge >= 0.3 is 5.97 Å². The van der Waals surface area contributed by atoms with E-state index in [1.165, 1.54) is 19.2 Å². The minimum absolute atomic E-state index is 0.106. The summed E-state index contributed by atoms with van der Waals surface area (Å²) in [7, 11) is 1.40. The van der Waals surface area contributed by atoms with Gasteiger partial charge < -0.3 is 15.0 Å². The lowest BCUT2D eigenvalue weighted by Crippen LogP contribution is -2.46. The lowest BCUT2D eigenvalue weighted by Gasteiger charge is -2.23. The number of benzene rings is 1. The van der Waals surface area contributed by atoms with Crippen molar-refractivity contribution < 1.29 is 23.5 Å². The Hall–Kier alpha value is -2.15. The van der Waals surface area contributed by atoms with Crippen molar-refractivity contribution in [2.24, 2.45) is 0 Å². The largest absolute Gasteiger partial charge is 0.452 e. The highest BCUT2D eigenvalue weighted by molar-refractivity contribution is 6.33. The highest BCUT2D eigenvalue weighted by Crippen LogP contribution is 2.19. The molecule has 0 aliphatic heterocycles. The standard InChI is InChI=1S/C16H20ClFN2O4/c1-16(2,3)19-12(21)8-20(4)13(22)9-24-15(23)14-10(17)6-5-7-11(14)18/h5-7H,8-9H2,1-4H3,(H,19,21). The van der Waals surface area contributed by atoms with Crippen molar-refractivity contribution in [3.63, 3.8) is 0 Å². The molecule has 1 N–H and O–H groups in total. The Labute approximate surface area is 144 Å². The van der Waals surface area contributed by atoms with Crippen molar-refractivity contribution >= 4 is 29.4 Å². The van der Waals surface area contributed by atoms with Gasteiger partial charge in [-0.1, -0.05) is 17.7 Å². The molecule has 0 aliphatic carbocycles. The second kappa shape index (κ2) is 8.10. The molecule has 0 saturated heterocycles. The zero-order valence-corrected chi connectivity index (χ0v) is 14.7. The molecule has 0 aromatic heterocycles. The summed E-state index contributed by atoms with van der Waals surface area (Å²) in [5.41, 5.74) is -0.852. The normalized spacial score (nSPS) is 10.9. The molecule has 0 atom stereocenters. The molecule has 24 heavy (non-hydrogen) atoms. The number of hydrogen-bond donors (Lipinski definition) is 1. The second-order valence-electron chi connectivity index (χ2n) is 6.22. The average Bonchev–Trinajstić information content (AvgIpc) is 2.42. The Bertz CT molecular complexity index is 623. The molecule has 1 aromatic rings. The van der Waals surface area contributed by atoms with E-state index in [0.29, 0.717) is 0 Å². The summed E-state index contributed by atoms with van der Waals surface area (Å²) in [6, 6.07) is 3.75. The van der Waals surface area contributed by atoms with Gasteiger partial charge in [-0.2, -0.15) is 0 Å². The van der Waals surface area contributed by atoms with Crippen LogP contribution in [0.1, 0.15) is 31.1 Å². The molecule has 0 saturated carbocycles. The summed E-state index contributed by atoms with van der Waals surface area (Å²) in [5.74, 6) is -2.82. The van der Waals surface area contributed by atoms with Crippen LogP contribution in [-0.4, -0.2) is 48.4 Å². The predicted octanol–water partition coefficient (Wildman–Crippen LogP) is 2.01. The van der Waals surface area contributed by atoms with Gasteiger partial charge in [0.2, 0.25) is 5.91 Å². The molecule has 0 radical (unpaired) electrons. The van der Waals surface area contributed by atoms with Gasteiger partial charge in [-0.3, -0.25) is 9.59 Å². The number of nitrogens with one attached hydrogen (secondary N) is 1. The molecule has 8 heteroatoms. The molecule has 1 rings (SSSR count). The number of amides is 2. The van der Waals surface area contributed by atoms with Gasteiger partial charge in [0.15, 0.2) is 6.61 Å². The lowest BCUT2D eigenvalue weighted by atomic mass is 10.1. The van der Waals surface area contributed by atoms with Gasteiger partial charge in [0.25, 0.3) is 5.91 Å². The Morgan fingerprint density at radius 2 is 1.92 bits per heavy atom. The third-order valence-electron chi connectivity index (χ3n) is 2.81. The van der Waals surface area contributed by atoms with Crippen LogP contribution in [0.2, 0.25) is 5.02 Å². The highest BCUT2D eigenvalue weighted by Gasteiger charge is 2.21. The Morgan fingerprint density at radius 3 is 2.46 bits per heavy atom. The zero-order valence-electron chi connectivity index (χ0n) is 14.0. The molecule has 1 aromatic carbocycles. The van der Waals surface area contributed by atoms with Crippen LogP contribution in [0.5, 0.6) is 0 Å². The van der Waals surface area contributed by atoms with Crippen LogP contribution in [-0.2, 0) is 14.3 Å². The van der Waals surface area contributed by atoms with Crippen molar-refractivity contribution in [2.45, 2.75) is 26.3 Å². The fourth-order valence-corrected chi connectivity index (χ4v) is 2.00. The fraction of sp³-hybridized carbons (Fsp3) is 0.438. The number of esters is 1. The molecule has 132 valence electrons. The summed E-state index contributed by atoms with van der Waals surface area (Å²) in [6.07, 6.45) is 0. The van der Waals surface area contributed by atoms with Crippen LogP contribution in [0.25, 0.3) is 0 Å². The predicted molar refractivity (Wildman–Crippen MR) is 87.2 cm³/mol. The number of halogens is 2. The molecule has 0 bridgehead atoms. The van der Waals surface area contributed by atoms with E-state index < -0.39 is 35.4 Å². The Kier molecular flexibility index (Phi) is 6.71. The molecule has 0 heterocycles. The van der Waals surface area contributed by atoms with Crippen LogP contribution in [0.3, 0.4) is 0 Å². The van der Waals surface area contributed by atoms with Crippen molar-refractivity contribution in [1.29, 1.82) is 0 Å². The minimum atomic E-state index is -1.04. The van der Waals surface area contributed by atoms with Gasteiger partial charge in [0, 0.05) is 12.6 Å². The van der Waals surface area contributed by atoms with Crippen LogP contribution >= 0.6 is 11.6 Å². The molecule has 0 spiro atoms. The van der Waals surface area contributed by atoms with Crippen molar-refractivity contribution in [2.75, 3.05) is 20.2 Å². The number of nitrogens with zero attached hydrogens (tertiary/aromatic N) is 1. The SMILES string of the molecule is CN(CC(=O)NC(C)(C)C)C(=O)COC(=O)c1c(F)cccc1Cl. The third kappa shape index (κ3) is 6.16. The van der Waals surface area contributed by atoms with E-state index in [-0.39, 0.29) is 17.5 Å². The van der Waals surface area contributed by atoms with Gasteiger partial charge in [-0.25, -0.2) is 9.18 Å². The van der Waals surface area contributed by atoms with Gasteiger partial charge in [-0.15, -0.1) is 0 Å². The molecular weight excluding hydrogens is 339 g/mol. The van der Waals surface area contributed by atoms with E-state index in [0.717, 1.165) is 11.0 Å². The van der Waals surface area contributed by atoms with Gasteiger partial charge in [-0.05, 0) is 32.9 Å². The summed E-state index contributed by atoms with van der Waals surface area (Å²) in [4.78, 5) is 36.6. The first kappa shape index (κ1) is 19.9. The number of rotatable bonds is 5. The first-order chi connectivity index (χ1) is 11.0. The van der Waals surface area contributed by atoms with Gasteiger partial charge in [0.1, 0.15) is 11.4 Å². The van der Waals surface area contributed by atoms with Crippen LogP contribution < -0.4 is 5.32 Å². The fourth-order valence-electron chi connectivity index (χ4n) is 1.76. The molecule has 0 aliphatic rings. The maximum atomic E-state index is 13.6. The third-order valence-corrected chi connectivity index (χ3v) is 3.13. The smallest absolute Gasteiger partial charge is 0.343 e. The van der Waals surface area contributed by atoms with E-state index in [4.69, 9.17) is 16.3 Å². The molecule has 0 fully saturated rings. The highest BCUT2D eigenvalue weighted by atomic mass is 35.5. The summed E-state index contributed by atoms with van der Waals surface area (Å²) in [5, 5.41) is 2.60. The molecule has 6 nitrogen and oxygen atoms in total. The van der Waals surface area contributed by atoms with E-state index in [2.05, 4.69) is 5.32 Å². The van der Waals surface area contributed by atoms with Crippen molar-refractivity contribution in [1.82, 2.24) is 10.2 Å². The van der Waals surface area contributed by atoms with E-state index in [9.17, 15) is 18.8 Å². The summed E-state index contributed by atoms with van der Waals surface area (Å²) >= 11 is 5.74. The molecule has 0 unspecified atom stereocenters. The van der Waals surface area contributed by atoms with Crippen LogP contribution in [0.15, 0.2) is 18.2 Å². The zero-order chi connectivity index (χ0) is 18.5. The summed E-state index contributed by atoms with van der Waals surface area (Å²) in [6.45, 7) is 4.63. The quantitative estimate of drug-likeness (QED) is 0.817. The van der Waals surface area contributed by atoms with Crippen molar-refractivity contribution in [3.05, 3.63) is 34.6 Å². The maximum Gasteiger partial charge on any atom is 0.343 e. The van der Waals surface area contributed by atoms with Crippen LogP contribution in [0.4, 0.5) is 4.39 Å². The van der Waals surface area contributed by atoms with Crippen LogP contribution in [0, 0.1) is 5.82 Å². The minimum Gasteiger partial charge on any atom is -0.452 e. The topological polar surface area (TPSA) is 75.7 Å². The number of likely N-dealkylation sites (N-methyl/N-ethyl adjacent to an activating group) is 1. The number of hydrogen-bond acceptors (Lipinski definition) is 4. The second-order valence-corrected chi connectivity index (χ2v) is 6.63. The Morgan fingerprint density at radius 1 is 1.29 bits per heavy atom. The first-order valence-corrected chi connectivity index (χ1v) is 7.55. The van der Waals surface area contributed by atoms with E-state index in [1.54, 1.807) is 0 Å². The van der Waals surface area contributed by atoms with E-state index >= 15 is 0 Å². The van der Waals surface area contributed by atoms with E-state index in [1.807, 2.05) is 20.8 Å². The molecular formula is C16H20ClFN2O4. The Balaban J connectivity index is 2.56. The average molecular weight is 359 g/mol.